The number of thioether (sulfide) groups is 1. The summed E-state index contributed by atoms with van der Waals surface area (Å²) in [5.74, 6) is 1.36. The molecule has 1 amide bonds. The van der Waals surface area contributed by atoms with Crippen molar-refractivity contribution in [1.29, 1.82) is 0 Å². The molecular weight excluding hydrogens is 448 g/mol. The number of amides is 1. The smallest absolute Gasteiger partial charge is 0.266 e. The zero-order valence-corrected chi connectivity index (χ0v) is 20.7. The van der Waals surface area contributed by atoms with Gasteiger partial charge in [-0.15, -0.1) is 0 Å². The van der Waals surface area contributed by atoms with E-state index in [0.29, 0.717) is 21.7 Å². The predicted octanol–water partition coefficient (Wildman–Crippen LogP) is 7.14. The molecule has 2 aromatic heterocycles. The number of carbonyl (C=O) groups excluding carboxylic acids is 1. The van der Waals surface area contributed by atoms with Crippen molar-refractivity contribution in [1.82, 2.24) is 9.47 Å². The molecule has 0 radical (unpaired) electrons. The van der Waals surface area contributed by atoms with Gasteiger partial charge in [0.15, 0.2) is 0 Å². The molecule has 0 spiro atoms. The number of thiocarbonyl (C=S) groups is 1. The van der Waals surface area contributed by atoms with Crippen LogP contribution in [-0.4, -0.2) is 19.7 Å². The van der Waals surface area contributed by atoms with Crippen molar-refractivity contribution in [2.45, 2.75) is 58.4 Å². The Bertz CT molecular complexity index is 1200. The highest BCUT2D eigenvalue weighted by molar-refractivity contribution is 8.26. The van der Waals surface area contributed by atoms with Gasteiger partial charge < -0.3 is 8.98 Å². The average Bonchev–Trinajstić information content (AvgIpc) is 3.51. The molecule has 2 aliphatic rings. The van der Waals surface area contributed by atoms with E-state index in [9.17, 15) is 4.79 Å². The second-order valence-corrected chi connectivity index (χ2v) is 10.6. The molecule has 4 nitrogen and oxygen atoms in total. The lowest BCUT2D eigenvalue weighted by molar-refractivity contribution is -0.122. The monoisotopic (exact) mass is 476 g/mol. The highest BCUT2D eigenvalue weighted by atomic mass is 32.2. The highest BCUT2D eigenvalue weighted by Gasteiger charge is 2.33. The molecule has 1 aliphatic carbocycles. The van der Waals surface area contributed by atoms with Gasteiger partial charge in [0.1, 0.15) is 10.1 Å². The van der Waals surface area contributed by atoms with Crippen molar-refractivity contribution in [3.8, 4) is 5.69 Å². The van der Waals surface area contributed by atoms with E-state index in [-0.39, 0.29) is 5.91 Å². The summed E-state index contributed by atoms with van der Waals surface area (Å²) in [5, 5.41) is 0. The van der Waals surface area contributed by atoms with Crippen LogP contribution in [0.5, 0.6) is 0 Å². The first-order valence-electron chi connectivity index (χ1n) is 11.6. The number of hydrogen-bond donors (Lipinski definition) is 0. The fourth-order valence-corrected chi connectivity index (χ4v) is 6.24. The van der Waals surface area contributed by atoms with Crippen LogP contribution >= 0.6 is 24.0 Å². The summed E-state index contributed by atoms with van der Waals surface area (Å²) in [6.45, 7) is 4.58. The molecule has 3 aromatic rings. The lowest BCUT2D eigenvalue weighted by Crippen LogP contribution is -2.27. The maximum atomic E-state index is 13.0. The van der Waals surface area contributed by atoms with Crippen molar-refractivity contribution < 1.29 is 9.21 Å². The van der Waals surface area contributed by atoms with Gasteiger partial charge in [-0.05, 0) is 80.1 Å². The van der Waals surface area contributed by atoms with Gasteiger partial charge in [-0.3, -0.25) is 9.69 Å². The summed E-state index contributed by atoms with van der Waals surface area (Å²) < 4.78 is 8.22. The zero-order valence-electron chi connectivity index (χ0n) is 19.0. The van der Waals surface area contributed by atoms with E-state index >= 15 is 0 Å². The Morgan fingerprint density at radius 2 is 1.88 bits per heavy atom. The van der Waals surface area contributed by atoms with Crippen LogP contribution in [-0.2, 0) is 11.3 Å². The van der Waals surface area contributed by atoms with Gasteiger partial charge in [-0.2, -0.15) is 0 Å². The van der Waals surface area contributed by atoms with Crippen LogP contribution in [0, 0.1) is 13.8 Å². The van der Waals surface area contributed by atoms with E-state index < -0.39 is 0 Å². The van der Waals surface area contributed by atoms with Gasteiger partial charge >= 0.3 is 0 Å². The third-order valence-electron chi connectivity index (χ3n) is 6.75. The van der Waals surface area contributed by atoms with Crippen molar-refractivity contribution in [3.63, 3.8) is 0 Å². The second-order valence-electron chi connectivity index (χ2n) is 8.94. The lowest BCUT2D eigenvalue weighted by Gasteiger charge is -2.22. The first-order chi connectivity index (χ1) is 16.0. The molecule has 5 rings (SSSR count). The standard InChI is InChI=1S/C27H28N2O2S2/c1-18-15-22(16-25-26(30)28(27(32)33-25)17-24-9-6-14-31-24)19(2)29(18)23-12-10-21(11-13-23)20-7-4-3-5-8-20/h6,9-16,20H,3-5,7-8,17H2,1-2H3/b25-16-. The molecule has 1 aromatic carbocycles. The Labute approximate surface area is 204 Å². The predicted molar refractivity (Wildman–Crippen MR) is 138 cm³/mol. The Morgan fingerprint density at radius 3 is 2.58 bits per heavy atom. The van der Waals surface area contributed by atoms with Crippen molar-refractivity contribution in [2.24, 2.45) is 0 Å². The molecule has 0 bridgehead atoms. The molecule has 0 N–H and O–H groups in total. The molecule has 1 saturated carbocycles. The molecule has 170 valence electrons. The summed E-state index contributed by atoms with van der Waals surface area (Å²) in [7, 11) is 0. The molecule has 0 unspecified atom stereocenters. The number of nitrogens with zero attached hydrogens (tertiary/aromatic N) is 2. The van der Waals surface area contributed by atoms with E-state index in [4.69, 9.17) is 16.6 Å². The number of carbonyl (C=O) groups is 1. The molecule has 0 atom stereocenters. The quantitative estimate of drug-likeness (QED) is 0.290. The minimum atomic E-state index is -0.0666. The van der Waals surface area contributed by atoms with Crippen molar-refractivity contribution >= 4 is 40.3 Å². The van der Waals surface area contributed by atoms with Gasteiger partial charge in [0, 0.05) is 17.1 Å². The van der Waals surface area contributed by atoms with E-state index in [2.05, 4.69) is 48.7 Å². The third-order valence-corrected chi connectivity index (χ3v) is 8.13. The minimum Gasteiger partial charge on any atom is -0.467 e. The number of hydrogen-bond acceptors (Lipinski definition) is 4. The first kappa shape index (κ1) is 22.2. The van der Waals surface area contributed by atoms with Gasteiger partial charge in [0.05, 0.1) is 17.7 Å². The van der Waals surface area contributed by atoms with Crippen LogP contribution in [0.3, 0.4) is 0 Å². The van der Waals surface area contributed by atoms with Gasteiger partial charge in [-0.25, -0.2) is 0 Å². The molecule has 6 heteroatoms. The Balaban J connectivity index is 1.38. The maximum Gasteiger partial charge on any atom is 0.266 e. The highest BCUT2D eigenvalue weighted by Crippen LogP contribution is 2.36. The van der Waals surface area contributed by atoms with Crippen molar-refractivity contribution in [3.05, 3.63) is 81.9 Å². The molecule has 33 heavy (non-hydrogen) atoms. The number of furan rings is 1. The van der Waals surface area contributed by atoms with Crippen LogP contribution in [0.25, 0.3) is 11.8 Å². The van der Waals surface area contributed by atoms with E-state index in [1.807, 2.05) is 18.2 Å². The van der Waals surface area contributed by atoms with Crippen LogP contribution in [0.2, 0.25) is 0 Å². The van der Waals surface area contributed by atoms with E-state index in [1.54, 1.807) is 11.2 Å². The average molecular weight is 477 g/mol. The second kappa shape index (κ2) is 9.35. The molecule has 3 heterocycles. The van der Waals surface area contributed by atoms with Crippen LogP contribution in [0.1, 0.15) is 66.3 Å². The Kier molecular flexibility index (Phi) is 6.30. The summed E-state index contributed by atoms with van der Waals surface area (Å²) in [6, 6.07) is 14.9. The molecule has 1 aliphatic heterocycles. The largest absolute Gasteiger partial charge is 0.467 e. The molecule has 2 fully saturated rings. The van der Waals surface area contributed by atoms with Gasteiger partial charge in [0.2, 0.25) is 0 Å². The summed E-state index contributed by atoms with van der Waals surface area (Å²) in [4.78, 5) is 15.3. The van der Waals surface area contributed by atoms with Crippen LogP contribution in [0.4, 0.5) is 0 Å². The normalized spacial score (nSPS) is 18.6. The maximum absolute atomic E-state index is 13.0. The minimum absolute atomic E-state index is 0.0666. The van der Waals surface area contributed by atoms with Crippen LogP contribution in [0.15, 0.2) is 58.1 Å². The van der Waals surface area contributed by atoms with Gasteiger partial charge in [0.25, 0.3) is 5.91 Å². The Hall–Kier alpha value is -2.57. The van der Waals surface area contributed by atoms with Crippen molar-refractivity contribution in [2.75, 3.05) is 0 Å². The van der Waals surface area contributed by atoms with Crippen LogP contribution < -0.4 is 0 Å². The number of benzene rings is 1. The number of rotatable bonds is 5. The van der Waals surface area contributed by atoms with E-state index in [1.165, 1.54) is 49.4 Å². The molecule has 1 saturated heterocycles. The van der Waals surface area contributed by atoms with E-state index in [0.717, 1.165) is 28.4 Å². The third kappa shape index (κ3) is 4.46. The zero-order chi connectivity index (χ0) is 22.9. The lowest BCUT2D eigenvalue weighted by atomic mass is 9.84. The fraction of sp³-hybridized carbons (Fsp3) is 0.333. The summed E-state index contributed by atoms with van der Waals surface area (Å²) in [5.41, 5.74) is 5.93. The number of aromatic nitrogens is 1. The summed E-state index contributed by atoms with van der Waals surface area (Å²) >= 11 is 6.82. The van der Waals surface area contributed by atoms with Gasteiger partial charge in [-0.1, -0.05) is 55.4 Å². The topological polar surface area (TPSA) is 38.4 Å². The molecular formula is C27H28N2O2S2. The fourth-order valence-electron chi connectivity index (χ4n) is 5.00. The first-order valence-corrected chi connectivity index (χ1v) is 12.8. The SMILES string of the molecule is Cc1cc(/C=C2\SC(=S)N(Cc3ccco3)C2=O)c(C)n1-c1ccc(C2CCCCC2)cc1. The Morgan fingerprint density at radius 1 is 1.12 bits per heavy atom. The number of aryl methyl sites for hydroxylation is 1. The summed E-state index contributed by atoms with van der Waals surface area (Å²) in [6.07, 6.45) is 10.3.